The highest BCUT2D eigenvalue weighted by molar-refractivity contribution is 7.45. The van der Waals surface area contributed by atoms with Gasteiger partial charge in [0.2, 0.25) is 0 Å². The fourth-order valence-electron chi connectivity index (χ4n) is 7.19. The molecule has 0 aromatic rings. The average molecular weight is 844 g/mol. The van der Waals surface area contributed by atoms with Crippen molar-refractivity contribution in [2.45, 2.75) is 245 Å². The number of quaternary nitrogens is 1. The summed E-state index contributed by atoms with van der Waals surface area (Å²) in [5.41, 5.74) is 0. The fraction of sp³-hybridized carbons (Fsp3) is 0.939. The second-order valence-electron chi connectivity index (χ2n) is 18.2. The predicted molar refractivity (Wildman–Crippen MR) is 245 cm³/mol. The number of unbranched alkanes of at least 4 members (excludes halogenated alkanes) is 31. The molecule has 0 aliphatic rings. The molecule has 0 amide bonds. The van der Waals surface area contributed by atoms with Gasteiger partial charge in [0, 0.05) is 13.0 Å². The summed E-state index contributed by atoms with van der Waals surface area (Å²) in [6.07, 6.45) is 48.0. The first-order chi connectivity index (χ1) is 28.1. The summed E-state index contributed by atoms with van der Waals surface area (Å²) in [5, 5.41) is 0. The van der Waals surface area contributed by atoms with E-state index in [1.54, 1.807) is 0 Å². The van der Waals surface area contributed by atoms with Crippen molar-refractivity contribution in [1.82, 2.24) is 0 Å². The third-order valence-corrected chi connectivity index (χ3v) is 12.0. The number of rotatable bonds is 47. The lowest BCUT2D eigenvalue weighted by atomic mass is 10.0. The Morgan fingerprint density at radius 2 is 0.897 bits per heavy atom. The smallest absolute Gasteiger partial charge is 0.306 e. The zero-order chi connectivity index (χ0) is 42.7. The standard InChI is InChI=1S/C49H98NO7P/c1-6-8-10-12-14-16-18-20-22-24-25-26-27-29-31-33-35-37-39-41-44-54-46-48(47-56-58(52,53)55-45-43-50(3,4)5)57-49(51)42-40-38-36-34-32-30-28-23-21-19-17-15-13-11-9-7-2/h23,28,48H,6-22,24-27,29-47H2,1-5H3/b28-23-. The third-order valence-electron chi connectivity index (χ3n) is 11.1. The molecular weight excluding hydrogens is 746 g/mol. The van der Waals surface area contributed by atoms with Crippen LogP contribution in [0.25, 0.3) is 0 Å². The molecule has 0 saturated heterocycles. The van der Waals surface area contributed by atoms with Crippen molar-refractivity contribution in [2.75, 3.05) is 54.1 Å². The quantitative estimate of drug-likeness (QED) is 0.0198. The zero-order valence-electron chi connectivity index (χ0n) is 39.3. The van der Waals surface area contributed by atoms with E-state index >= 15 is 0 Å². The van der Waals surface area contributed by atoms with Gasteiger partial charge in [-0.3, -0.25) is 9.36 Å². The summed E-state index contributed by atoms with van der Waals surface area (Å²) in [6, 6.07) is 0. The van der Waals surface area contributed by atoms with Crippen LogP contribution in [-0.2, 0) is 27.9 Å². The maximum Gasteiger partial charge on any atom is 0.306 e. The molecule has 58 heavy (non-hydrogen) atoms. The molecule has 0 aromatic carbocycles. The van der Waals surface area contributed by atoms with E-state index in [0.717, 1.165) is 44.9 Å². The number of likely N-dealkylation sites (N-methyl/N-ethyl adjacent to an activating group) is 1. The number of phosphoric acid groups is 1. The van der Waals surface area contributed by atoms with Gasteiger partial charge in [0.05, 0.1) is 34.4 Å². The second kappa shape index (κ2) is 42.9. The van der Waals surface area contributed by atoms with Gasteiger partial charge >= 0.3 is 5.97 Å². The molecule has 0 spiro atoms. The van der Waals surface area contributed by atoms with E-state index in [9.17, 15) is 14.3 Å². The number of nitrogens with zero attached hydrogens (tertiary/aromatic N) is 1. The molecule has 0 heterocycles. The normalized spacial score (nSPS) is 13.7. The Bertz CT molecular complexity index is 940. The summed E-state index contributed by atoms with van der Waals surface area (Å²) < 4.78 is 34.7. The number of hydrogen-bond donors (Lipinski definition) is 0. The van der Waals surface area contributed by atoms with Crippen molar-refractivity contribution in [1.29, 1.82) is 0 Å². The summed E-state index contributed by atoms with van der Waals surface area (Å²) in [6.45, 7) is 5.45. The van der Waals surface area contributed by atoms with Gasteiger partial charge in [0.25, 0.3) is 7.82 Å². The molecular formula is C49H98NO7P. The van der Waals surface area contributed by atoms with Crippen LogP contribution in [0.2, 0.25) is 0 Å². The lowest BCUT2D eigenvalue weighted by Gasteiger charge is -2.28. The van der Waals surface area contributed by atoms with E-state index < -0.39 is 13.9 Å². The third kappa shape index (κ3) is 46.3. The number of carbonyl (C=O) groups is 1. The second-order valence-corrected chi connectivity index (χ2v) is 19.6. The summed E-state index contributed by atoms with van der Waals surface area (Å²) in [7, 11) is 1.37. The molecule has 0 aliphatic heterocycles. The molecule has 0 fully saturated rings. The van der Waals surface area contributed by atoms with Crippen LogP contribution >= 0.6 is 7.82 Å². The van der Waals surface area contributed by atoms with Gasteiger partial charge in [0.15, 0.2) is 0 Å². The maximum absolute atomic E-state index is 12.7. The number of hydrogen-bond acceptors (Lipinski definition) is 7. The van der Waals surface area contributed by atoms with Crippen LogP contribution in [-0.4, -0.2) is 70.7 Å². The molecule has 0 radical (unpaired) electrons. The van der Waals surface area contributed by atoms with Gasteiger partial charge in [-0.25, -0.2) is 0 Å². The van der Waals surface area contributed by atoms with Crippen molar-refractivity contribution in [3.8, 4) is 0 Å². The minimum Gasteiger partial charge on any atom is -0.756 e. The Balaban J connectivity index is 4.12. The van der Waals surface area contributed by atoms with Crippen molar-refractivity contribution in [3.63, 3.8) is 0 Å². The SMILES string of the molecule is CCCCCCCCC/C=C\CCCCCCCC(=O)OC(COCCCCCCCCCCCCCCCCCCCCCC)COP(=O)([O-])OCC[N+](C)(C)C. The van der Waals surface area contributed by atoms with Crippen LogP contribution in [0.4, 0.5) is 0 Å². The summed E-state index contributed by atoms with van der Waals surface area (Å²) in [5.74, 6) is -0.337. The number of carbonyl (C=O) groups excluding carboxylic acids is 1. The molecule has 9 heteroatoms. The van der Waals surface area contributed by atoms with Gasteiger partial charge in [-0.05, 0) is 38.5 Å². The van der Waals surface area contributed by atoms with E-state index in [2.05, 4.69) is 26.0 Å². The van der Waals surface area contributed by atoms with E-state index in [-0.39, 0.29) is 25.8 Å². The van der Waals surface area contributed by atoms with Gasteiger partial charge in [-0.2, -0.15) is 0 Å². The largest absolute Gasteiger partial charge is 0.756 e. The average Bonchev–Trinajstić information content (AvgIpc) is 3.18. The van der Waals surface area contributed by atoms with Gasteiger partial charge < -0.3 is 27.9 Å². The molecule has 0 saturated carbocycles. The number of allylic oxidation sites excluding steroid dienone is 2. The summed E-state index contributed by atoms with van der Waals surface area (Å²) in [4.78, 5) is 25.1. The molecule has 2 atom stereocenters. The van der Waals surface area contributed by atoms with Crippen LogP contribution in [0.15, 0.2) is 12.2 Å². The Morgan fingerprint density at radius 1 is 0.517 bits per heavy atom. The Kier molecular flexibility index (Phi) is 42.3. The predicted octanol–water partition coefficient (Wildman–Crippen LogP) is 14.4. The Labute approximate surface area is 360 Å². The van der Waals surface area contributed by atoms with Crippen LogP contribution in [0.1, 0.15) is 239 Å². The van der Waals surface area contributed by atoms with Gasteiger partial charge in [0.1, 0.15) is 19.3 Å². The van der Waals surface area contributed by atoms with Crippen LogP contribution in [0.3, 0.4) is 0 Å². The minimum absolute atomic E-state index is 0.0280. The van der Waals surface area contributed by atoms with Crippen molar-refractivity contribution >= 4 is 13.8 Å². The van der Waals surface area contributed by atoms with Crippen molar-refractivity contribution < 1.29 is 37.3 Å². The lowest BCUT2D eigenvalue weighted by Crippen LogP contribution is -2.37. The first-order valence-electron chi connectivity index (χ1n) is 24.9. The van der Waals surface area contributed by atoms with E-state index in [4.69, 9.17) is 18.5 Å². The minimum atomic E-state index is -4.52. The highest BCUT2D eigenvalue weighted by Gasteiger charge is 2.20. The molecule has 346 valence electrons. The number of phosphoric ester groups is 1. The summed E-state index contributed by atoms with van der Waals surface area (Å²) >= 11 is 0. The van der Waals surface area contributed by atoms with Crippen LogP contribution in [0.5, 0.6) is 0 Å². The van der Waals surface area contributed by atoms with Crippen LogP contribution in [0, 0.1) is 0 Å². The monoisotopic (exact) mass is 844 g/mol. The number of esters is 1. The first-order valence-corrected chi connectivity index (χ1v) is 26.4. The molecule has 2 unspecified atom stereocenters. The van der Waals surface area contributed by atoms with E-state index in [0.29, 0.717) is 24.1 Å². The number of ether oxygens (including phenoxy) is 2. The van der Waals surface area contributed by atoms with Gasteiger partial charge in [-0.1, -0.05) is 206 Å². The molecule has 8 nitrogen and oxygen atoms in total. The highest BCUT2D eigenvalue weighted by atomic mass is 31.2. The van der Waals surface area contributed by atoms with E-state index in [1.165, 1.54) is 173 Å². The van der Waals surface area contributed by atoms with Crippen molar-refractivity contribution in [2.24, 2.45) is 0 Å². The van der Waals surface area contributed by atoms with Crippen molar-refractivity contribution in [3.05, 3.63) is 12.2 Å². The lowest BCUT2D eigenvalue weighted by molar-refractivity contribution is -0.870. The Hall–Kier alpha value is -0.760. The maximum atomic E-state index is 12.7. The zero-order valence-corrected chi connectivity index (χ0v) is 40.2. The molecule has 0 aliphatic carbocycles. The molecule has 0 aromatic heterocycles. The first kappa shape index (κ1) is 57.2. The fourth-order valence-corrected chi connectivity index (χ4v) is 7.92. The van der Waals surface area contributed by atoms with E-state index in [1.807, 2.05) is 21.1 Å². The Morgan fingerprint density at radius 3 is 1.31 bits per heavy atom. The van der Waals surface area contributed by atoms with Gasteiger partial charge in [-0.15, -0.1) is 0 Å². The highest BCUT2D eigenvalue weighted by Crippen LogP contribution is 2.38. The molecule has 0 bridgehead atoms. The topological polar surface area (TPSA) is 94.1 Å². The van der Waals surface area contributed by atoms with Crippen LogP contribution < -0.4 is 4.89 Å². The molecule has 0 N–H and O–H groups in total. The molecule has 0 rings (SSSR count).